The number of sulfonamides is 1. The fraction of sp³-hybridized carbons (Fsp3) is 0.241. The molecule has 3 aromatic carbocycles. The zero-order valence-corrected chi connectivity index (χ0v) is 22.7. The van der Waals surface area contributed by atoms with Gasteiger partial charge in [0.25, 0.3) is 0 Å². The maximum Gasteiger partial charge on any atom is 0.241 e. The molecule has 38 heavy (non-hydrogen) atoms. The predicted octanol–water partition coefficient (Wildman–Crippen LogP) is 5.48. The van der Waals surface area contributed by atoms with Gasteiger partial charge in [-0.1, -0.05) is 54.1 Å². The van der Waals surface area contributed by atoms with E-state index in [1.165, 1.54) is 0 Å². The van der Waals surface area contributed by atoms with E-state index >= 15 is 0 Å². The normalized spacial score (nSPS) is 12.3. The SMILES string of the molecule is CC(NS(=O)(=O)c1ccc(CCC(=O)NCCCNc2ccnc3cc(Cl)ccc23)cc1)c1ccccc1. The fourth-order valence-electron chi connectivity index (χ4n) is 4.11. The topological polar surface area (TPSA) is 100 Å². The van der Waals surface area contributed by atoms with Crippen LogP contribution in [-0.2, 0) is 21.2 Å². The predicted molar refractivity (Wildman–Crippen MR) is 153 cm³/mol. The molecule has 0 aliphatic heterocycles. The van der Waals surface area contributed by atoms with Crippen molar-refractivity contribution in [3.05, 3.63) is 101 Å². The zero-order chi connectivity index (χ0) is 27.0. The molecule has 3 N–H and O–H groups in total. The van der Waals surface area contributed by atoms with Gasteiger partial charge in [0.05, 0.1) is 10.4 Å². The van der Waals surface area contributed by atoms with Crippen molar-refractivity contribution in [2.24, 2.45) is 0 Å². The Balaban J connectivity index is 1.18. The highest BCUT2D eigenvalue weighted by atomic mass is 35.5. The number of amides is 1. The summed E-state index contributed by atoms with van der Waals surface area (Å²) in [5, 5.41) is 7.98. The van der Waals surface area contributed by atoms with Crippen LogP contribution < -0.4 is 15.4 Å². The first-order chi connectivity index (χ1) is 18.3. The second kappa shape index (κ2) is 12.9. The van der Waals surface area contributed by atoms with Gasteiger partial charge in [0.2, 0.25) is 15.9 Å². The summed E-state index contributed by atoms with van der Waals surface area (Å²) in [6.45, 7) is 3.07. The number of rotatable bonds is 12. The molecule has 0 saturated carbocycles. The largest absolute Gasteiger partial charge is 0.384 e. The summed E-state index contributed by atoms with van der Waals surface area (Å²) in [7, 11) is -3.65. The number of carbonyl (C=O) groups excluding carboxylic acids is 1. The van der Waals surface area contributed by atoms with E-state index in [-0.39, 0.29) is 16.8 Å². The lowest BCUT2D eigenvalue weighted by atomic mass is 10.1. The van der Waals surface area contributed by atoms with E-state index < -0.39 is 10.0 Å². The van der Waals surface area contributed by atoms with E-state index in [0.717, 1.165) is 34.1 Å². The molecule has 198 valence electrons. The molecule has 1 heterocycles. The minimum atomic E-state index is -3.65. The van der Waals surface area contributed by atoms with E-state index in [1.807, 2.05) is 61.5 Å². The smallest absolute Gasteiger partial charge is 0.241 e. The van der Waals surface area contributed by atoms with Gasteiger partial charge in [-0.25, -0.2) is 13.1 Å². The van der Waals surface area contributed by atoms with Crippen molar-refractivity contribution in [1.82, 2.24) is 15.0 Å². The van der Waals surface area contributed by atoms with Crippen molar-refractivity contribution < 1.29 is 13.2 Å². The first kappa shape index (κ1) is 27.6. The summed E-state index contributed by atoms with van der Waals surface area (Å²) in [5.74, 6) is -0.0379. The average Bonchev–Trinajstić information content (AvgIpc) is 2.92. The molecular weight excluding hydrogens is 520 g/mol. The highest BCUT2D eigenvalue weighted by molar-refractivity contribution is 7.89. The standard InChI is InChI=1S/C29H31ClN4O3S/c1-21(23-6-3-2-4-7-23)34-38(36,37)25-12-8-22(9-13-25)10-15-29(35)33-18-5-17-31-27-16-19-32-28-20-24(30)11-14-26(27)28/h2-4,6-9,11-14,16,19-21,34H,5,10,15,17-18H2,1H3,(H,31,32)(H,33,35). The molecule has 0 spiro atoms. The Bertz CT molecular complexity index is 1480. The van der Waals surface area contributed by atoms with Gasteiger partial charge in [-0.05, 0) is 67.3 Å². The number of aryl methyl sites for hydroxylation is 1. The molecule has 1 atom stereocenters. The number of halogens is 1. The lowest BCUT2D eigenvalue weighted by Crippen LogP contribution is -2.27. The van der Waals surface area contributed by atoms with E-state index in [4.69, 9.17) is 11.6 Å². The summed E-state index contributed by atoms with van der Waals surface area (Å²) in [6.07, 6.45) is 3.37. The molecule has 1 unspecified atom stereocenters. The molecule has 7 nitrogen and oxygen atoms in total. The number of fused-ring (bicyclic) bond motifs is 1. The van der Waals surface area contributed by atoms with Gasteiger partial charge < -0.3 is 10.6 Å². The third kappa shape index (κ3) is 7.54. The molecule has 9 heteroatoms. The Morgan fingerprint density at radius 3 is 2.50 bits per heavy atom. The highest BCUT2D eigenvalue weighted by Crippen LogP contribution is 2.24. The Morgan fingerprint density at radius 1 is 0.974 bits per heavy atom. The molecule has 1 aromatic heterocycles. The van der Waals surface area contributed by atoms with E-state index in [0.29, 0.717) is 31.0 Å². The zero-order valence-electron chi connectivity index (χ0n) is 21.2. The summed E-state index contributed by atoms with van der Waals surface area (Å²) in [4.78, 5) is 16.8. The number of nitrogens with zero attached hydrogens (tertiary/aromatic N) is 1. The lowest BCUT2D eigenvalue weighted by Gasteiger charge is -2.15. The van der Waals surface area contributed by atoms with Crippen LogP contribution in [-0.4, -0.2) is 32.4 Å². The number of aromatic nitrogens is 1. The van der Waals surface area contributed by atoms with E-state index in [1.54, 1.807) is 30.5 Å². The quantitative estimate of drug-likeness (QED) is 0.203. The molecule has 0 aliphatic carbocycles. The number of pyridine rings is 1. The molecule has 4 aromatic rings. The van der Waals surface area contributed by atoms with E-state index in [9.17, 15) is 13.2 Å². The Hall–Kier alpha value is -3.46. The van der Waals surface area contributed by atoms with Crippen LogP contribution >= 0.6 is 11.6 Å². The van der Waals surface area contributed by atoms with Crippen molar-refractivity contribution in [3.63, 3.8) is 0 Å². The summed E-state index contributed by atoms with van der Waals surface area (Å²) < 4.78 is 28.2. The maximum atomic E-state index is 12.7. The third-order valence-electron chi connectivity index (χ3n) is 6.20. The molecular formula is C29H31ClN4O3S. The second-order valence-electron chi connectivity index (χ2n) is 9.05. The molecule has 1 amide bonds. The monoisotopic (exact) mass is 550 g/mol. The van der Waals surface area contributed by atoms with Crippen LogP contribution in [0.2, 0.25) is 5.02 Å². The Kier molecular flexibility index (Phi) is 9.33. The number of hydrogen-bond donors (Lipinski definition) is 3. The highest BCUT2D eigenvalue weighted by Gasteiger charge is 2.18. The summed E-state index contributed by atoms with van der Waals surface area (Å²) >= 11 is 6.04. The molecule has 0 bridgehead atoms. The molecule has 0 saturated heterocycles. The maximum absolute atomic E-state index is 12.7. The second-order valence-corrected chi connectivity index (χ2v) is 11.2. The van der Waals surface area contributed by atoms with Gasteiger partial charge in [-0.3, -0.25) is 9.78 Å². The van der Waals surface area contributed by atoms with Crippen molar-refractivity contribution in [2.45, 2.75) is 37.1 Å². The summed E-state index contributed by atoms with van der Waals surface area (Å²) in [6, 6.07) is 23.3. The minimum Gasteiger partial charge on any atom is -0.384 e. The fourth-order valence-corrected chi connectivity index (χ4v) is 5.51. The van der Waals surface area contributed by atoms with Gasteiger partial charge in [0, 0.05) is 47.8 Å². The van der Waals surface area contributed by atoms with Crippen LogP contribution in [0.4, 0.5) is 5.69 Å². The molecule has 0 aliphatic rings. The summed E-state index contributed by atoms with van der Waals surface area (Å²) in [5.41, 5.74) is 3.61. The molecule has 0 radical (unpaired) electrons. The van der Waals surface area contributed by atoms with Gasteiger partial charge in [0.1, 0.15) is 0 Å². The minimum absolute atomic E-state index is 0.0379. The van der Waals surface area contributed by atoms with Crippen LogP contribution in [0.5, 0.6) is 0 Å². The van der Waals surface area contributed by atoms with Gasteiger partial charge in [-0.15, -0.1) is 0 Å². The number of anilines is 1. The van der Waals surface area contributed by atoms with Crippen LogP contribution in [0.15, 0.2) is 90.0 Å². The lowest BCUT2D eigenvalue weighted by molar-refractivity contribution is -0.121. The van der Waals surface area contributed by atoms with Crippen molar-refractivity contribution in [1.29, 1.82) is 0 Å². The molecule has 4 rings (SSSR count). The van der Waals surface area contributed by atoms with Crippen LogP contribution in [0.3, 0.4) is 0 Å². The van der Waals surface area contributed by atoms with Crippen LogP contribution in [0.1, 0.15) is 36.9 Å². The number of carbonyl (C=O) groups is 1. The Labute approximate surface area is 228 Å². The first-order valence-corrected chi connectivity index (χ1v) is 14.4. The van der Waals surface area contributed by atoms with Crippen molar-refractivity contribution in [2.75, 3.05) is 18.4 Å². The number of nitrogens with one attached hydrogen (secondary N) is 3. The van der Waals surface area contributed by atoms with Gasteiger partial charge in [-0.2, -0.15) is 0 Å². The van der Waals surface area contributed by atoms with Gasteiger partial charge >= 0.3 is 0 Å². The average molecular weight is 551 g/mol. The van der Waals surface area contributed by atoms with Gasteiger partial charge in [0.15, 0.2) is 0 Å². The first-order valence-electron chi connectivity index (χ1n) is 12.5. The number of hydrogen-bond acceptors (Lipinski definition) is 5. The van der Waals surface area contributed by atoms with Crippen molar-refractivity contribution >= 4 is 44.1 Å². The van der Waals surface area contributed by atoms with Crippen molar-refractivity contribution in [3.8, 4) is 0 Å². The molecule has 0 fully saturated rings. The van der Waals surface area contributed by atoms with Crippen LogP contribution in [0, 0.1) is 0 Å². The van der Waals surface area contributed by atoms with Crippen LogP contribution in [0.25, 0.3) is 10.9 Å². The number of benzene rings is 3. The Morgan fingerprint density at radius 2 is 1.74 bits per heavy atom. The van der Waals surface area contributed by atoms with E-state index in [2.05, 4.69) is 20.3 Å². The third-order valence-corrected chi connectivity index (χ3v) is 7.99.